The van der Waals surface area contributed by atoms with Crippen LogP contribution < -0.4 is 0 Å². The van der Waals surface area contributed by atoms with Gasteiger partial charge in [0.05, 0.1) is 0 Å². The first-order valence-corrected chi connectivity index (χ1v) is 8.88. The fourth-order valence-electron chi connectivity index (χ4n) is 3.59. The Morgan fingerprint density at radius 2 is 1.59 bits per heavy atom. The molecular formula is C16H31I. The smallest absolute Gasteiger partial charge is 0.00261 e. The molecule has 1 unspecified atom stereocenters. The predicted octanol–water partition coefficient (Wildman–Crippen LogP) is 6.08. The van der Waals surface area contributed by atoms with Crippen molar-refractivity contribution in [1.29, 1.82) is 0 Å². The maximum absolute atomic E-state index is 2.54. The van der Waals surface area contributed by atoms with Crippen molar-refractivity contribution in [3.05, 3.63) is 0 Å². The summed E-state index contributed by atoms with van der Waals surface area (Å²) in [4.78, 5) is 0. The van der Waals surface area contributed by atoms with Crippen LogP contribution in [0.15, 0.2) is 0 Å². The Hall–Kier alpha value is 0.730. The zero-order valence-corrected chi connectivity index (χ0v) is 14.6. The number of hydrogen-bond donors (Lipinski definition) is 0. The van der Waals surface area contributed by atoms with Crippen LogP contribution in [0.4, 0.5) is 0 Å². The van der Waals surface area contributed by atoms with Gasteiger partial charge in [-0.1, -0.05) is 76.5 Å². The van der Waals surface area contributed by atoms with E-state index in [2.05, 4.69) is 57.2 Å². The number of hydrogen-bond acceptors (Lipinski definition) is 0. The summed E-state index contributed by atoms with van der Waals surface area (Å²) in [5, 5.41) is 0. The van der Waals surface area contributed by atoms with E-state index < -0.39 is 0 Å². The van der Waals surface area contributed by atoms with E-state index in [1.807, 2.05) is 0 Å². The first kappa shape index (κ1) is 15.8. The zero-order chi connectivity index (χ0) is 13.1. The molecule has 0 N–H and O–H groups in total. The first-order valence-electron chi connectivity index (χ1n) is 7.35. The van der Waals surface area contributed by atoms with E-state index in [-0.39, 0.29) is 0 Å². The molecule has 0 saturated heterocycles. The summed E-state index contributed by atoms with van der Waals surface area (Å²) >= 11 is 2.54. The van der Waals surface area contributed by atoms with E-state index in [4.69, 9.17) is 0 Å². The minimum atomic E-state index is 0.488. The summed E-state index contributed by atoms with van der Waals surface area (Å²) in [5.41, 5.74) is 1.02. The lowest BCUT2D eigenvalue weighted by atomic mass is 9.62. The second kappa shape index (κ2) is 6.25. The second-order valence-corrected chi connectivity index (χ2v) is 8.43. The summed E-state index contributed by atoms with van der Waals surface area (Å²) in [7, 11) is 0. The highest BCUT2D eigenvalue weighted by Gasteiger charge is 2.37. The lowest BCUT2D eigenvalue weighted by Gasteiger charge is -2.44. The average molecular weight is 350 g/mol. The molecule has 0 aromatic carbocycles. The minimum absolute atomic E-state index is 0.488. The molecule has 1 aliphatic carbocycles. The second-order valence-electron chi connectivity index (χ2n) is 7.54. The van der Waals surface area contributed by atoms with Crippen LogP contribution in [0.2, 0.25) is 0 Å². The topological polar surface area (TPSA) is 0 Å². The fourth-order valence-corrected chi connectivity index (χ4v) is 4.78. The summed E-state index contributed by atoms with van der Waals surface area (Å²) < 4.78 is 1.28. The Bertz CT molecular complexity index is 224. The van der Waals surface area contributed by atoms with Crippen molar-refractivity contribution in [1.82, 2.24) is 0 Å². The van der Waals surface area contributed by atoms with Crippen LogP contribution in [0.25, 0.3) is 0 Å². The van der Waals surface area contributed by atoms with E-state index in [1.54, 1.807) is 0 Å². The van der Waals surface area contributed by atoms with Crippen LogP contribution in [0.3, 0.4) is 0 Å². The Morgan fingerprint density at radius 3 is 2.06 bits per heavy atom. The summed E-state index contributed by atoms with van der Waals surface area (Å²) in [5.74, 6) is 1.79. The van der Waals surface area contributed by atoms with Crippen molar-refractivity contribution in [2.24, 2.45) is 22.7 Å². The molecule has 1 aliphatic rings. The molecule has 17 heavy (non-hydrogen) atoms. The molecule has 0 nitrogen and oxygen atoms in total. The summed E-state index contributed by atoms with van der Waals surface area (Å²) in [6.07, 6.45) is 8.74. The summed E-state index contributed by atoms with van der Waals surface area (Å²) in [6.45, 7) is 12.4. The SMILES string of the molecule is CC(CI)C(C)(C)CC(C)(C)C1CCCCC1. The Labute approximate surface area is 122 Å². The van der Waals surface area contributed by atoms with Gasteiger partial charge in [-0.2, -0.15) is 0 Å². The Kier molecular flexibility index (Phi) is 5.81. The third-order valence-corrected chi connectivity index (χ3v) is 6.51. The van der Waals surface area contributed by atoms with Gasteiger partial charge in [0, 0.05) is 4.43 Å². The monoisotopic (exact) mass is 350 g/mol. The number of alkyl halides is 1. The molecule has 0 aromatic rings. The maximum atomic E-state index is 2.54. The normalized spacial score (nSPS) is 21.5. The average Bonchev–Trinajstić information content (AvgIpc) is 2.27. The Morgan fingerprint density at radius 1 is 1.06 bits per heavy atom. The maximum Gasteiger partial charge on any atom is 0.00261 e. The highest BCUT2D eigenvalue weighted by Crippen LogP contribution is 2.47. The largest absolute Gasteiger partial charge is 0.0861 e. The van der Waals surface area contributed by atoms with Crippen LogP contribution in [0.5, 0.6) is 0 Å². The van der Waals surface area contributed by atoms with Crippen LogP contribution in [-0.4, -0.2) is 4.43 Å². The number of rotatable bonds is 5. The molecule has 1 saturated carbocycles. The molecular weight excluding hydrogens is 319 g/mol. The lowest BCUT2D eigenvalue weighted by molar-refractivity contribution is 0.0699. The van der Waals surface area contributed by atoms with Crippen molar-refractivity contribution < 1.29 is 0 Å². The number of halogens is 1. The van der Waals surface area contributed by atoms with Crippen molar-refractivity contribution in [3.63, 3.8) is 0 Å². The quantitative estimate of drug-likeness (QED) is 0.416. The van der Waals surface area contributed by atoms with E-state index in [1.165, 1.54) is 43.0 Å². The van der Waals surface area contributed by atoms with Crippen molar-refractivity contribution in [2.45, 2.75) is 73.1 Å². The Balaban J connectivity index is 2.63. The third-order valence-electron chi connectivity index (χ3n) is 5.19. The van der Waals surface area contributed by atoms with Crippen molar-refractivity contribution in [2.75, 3.05) is 4.43 Å². The van der Waals surface area contributed by atoms with Gasteiger partial charge in [-0.3, -0.25) is 0 Å². The molecule has 0 spiro atoms. The third kappa shape index (κ3) is 4.40. The van der Waals surface area contributed by atoms with E-state index in [0.717, 1.165) is 11.8 Å². The fraction of sp³-hybridized carbons (Fsp3) is 1.00. The standard InChI is InChI=1S/C16H31I/c1-13(11-17)15(2,3)12-16(4,5)14-9-7-6-8-10-14/h13-14H,6-12H2,1-5H3. The van der Waals surface area contributed by atoms with E-state index >= 15 is 0 Å². The molecule has 0 amide bonds. The van der Waals surface area contributed by atoms with E-state index in [0.29, 0.717) is 10.8 Å². The molecule has 1 atom stereocenters. The molecule has 0 aromatic heterocycles. The predicted molar refractivity (Wildman–Crippen MR) is 86.8 cm³/mol. The minimum Gasteiger partial charge on any atom is -0.0861 e. The van der Waals surface area contributed by atoms with Gasteiger partial charge in [-0.25, -0.2) is 0 Å². The van der Waals surface area contributed by atoms with Crippen molar-refractivity contribution in [3.8, 4) is 0 Å². The molecule has 1 rings (SSSR count). The van der Waals surface area contributed by atoms with Gasteiger partial charge in [0.2, 0.25) is 0 Å². The molecule has 1 heteroatoms. The first-order chi connectivity index (χ1) is 7.79. The van der Waals surface area contributed by atoms with Gasteiger partial charge in [0.25, 0.3) is 0 Å². The van der Waals surface area contributed by atoms with Gasteiger partial charge in [-0.15, -0.1) is 0 Å². The molecule has 102 valence electrons. The lowest BCUT2D eigenvalue weighted by Crippen LogP contribution is -2.35. The molecule has 1 fully saturated rings. The van der Waals surface area contributed by atoms with Crippen LogP contribution >= 0.6 is 22.6 Å². The van der Waals surface area contributed by atoms with Crippen LogP contribution in [-0.2, 0) is 0 Å². The highest BCUT2D eigenvalue weighted by atomic mass is 127. The van der Waals surface area contributed by atoms with Gasteiger partial charge < -0.3 is 0 Å². The molecule has 0 bridgehead atoms. The molecule has 0 aliphatic heterocycles. The van der Waals surface area contributed by atoms with Gasteiger partial charge in [0.15, 0.2) is 0 Å². The van der Waals surface area contributed by atoms with Crippen LogP contribution in [0.1, 0.15) is 73.1 Å². The summed E-state index contributed by atoms with van der Waals surface area (Å²) in [6, 6.07) is 0. The van der Waals surface area contributed by atoms with Gasteiger partial charge >= 0.3 is 0 Å². The zero-order valence-electron chi connectivity index (χ0n) is 12.5. The van der Waals surface area contributed by atoms with Crippen LogP contribution in [0, 0.1) is 22.7 Å². The van der Waals surface area contributed by atoms with E-state index in [9.17, 15) is 0 Å². The van der Waals surface area contributed by atoms with Gasteiger partial charge in [-0.05, 0) is 41.9 Å². The molecule has 0 radical (unpaired) electrons. The van der Waals surface area contributed by atoms with Gasteiger partial charge in [0.1, 0.15) is 0 Å². The molecule has 0 heterocycles. The van der Waals surface area contributed by atoms with Crippen molar-refractivity contribution >= 4 is 22.6 Å². The highest BCUT2D eigenvalue weighted by molar-refractivity contribution is 14.1.